The van der Waals surface area contributed by atoms with Gasteiger partial charge in [0.15, 0.2) is 0 Å². The third kappa shape index (κ3) is 2.53. The molecule has 3 nitrogen and oxygen atoms in total. The molecule has 0 N–H and O–H groups in total. The van der Waals surface area contributed by atoms with Crippen LogP contribution in [-0.4, -0.2) is 14.8 Å². The van der Waals surface area contributed by atoms with E-state index >= 15 is 0 Å². The molecule has 3 heteroatoms. The number of hydrogen-bond donors (Lipinski definition) is 0. The highest BCUT2D eigenvalue weighted by Gasteiger charge is 2.40. The molecule has 0 bridgehead atoms. The van der Waals surface area contributed by atoms with E-state index < -0.39 is 5.54 Å². The van der Waals surface area contributed by atoms with Gasteiger partial charge in [0.05, 0.1) is 0 Å². The first kappa shape index (κ1) is 16.3. The molecule has 127 valence electrons. The molecule has 0 aliphatic heterocycles. The topological polar surface area (TPSA) is 30.7 Å². The van der Waals surface area contributed by atoms with Gasteiger partial charge < -0.3 is 0 Å². The molecular weight excluding hydrogens is 318 g/mol. The molecule has 0 aliphatic rings. The van der Waals surface area contributed by atoms with Gasteiger partial charge in [-0.2, -0.15) is 5.10 Å². The Bertz CT molecular complexity index is 863. The monoisotopic (exact) mass is 338 g/mol. The molecule has 26 heavy (non-hydrogen) atoms. The maximum Gasteiger partial charge on any atom is 0.140 e. The van der Waals surface area contributed by atoms with Gasteiger partial charge in [0.1, 0.15) is 17.7 Å². The molecule has 0 unspecified atom stereocenters. The van der Waals surface area contributed by atoms with E-state index in [2.05, 4.69) is 89.8 Å². The van der Waals surface area contributed by atoms with Gasteiger partial charge in [0.25, 0.3) is 0 Å². The fraction of sp³-hybridized carbons (Fsp3) is 0.0870. The van der Waals surface area contributed by atoms with Crippen LogP contribution in [0.4, 0.5) is 0 Å². The highest BCUT2D eigenvalue weighted by molar-refractivity contribution is 5.50. The maximum atomic E-state index is 4.65. The molecule has 1 aromatic heterocycles. The van der Waals surface area contributed by atoms with E-state index in [1.54, 1.807) is 6.33 Å². The minimum Gasteiger partial charge on any atom is -0.231 e. The molecule has 1 radical (unpaired) electrons. The van der Waals surface area contributed by atoms with Gasteiger partial charge in [0, 0.05) is 6.42 Å². The number of aromatic nitrogens is 3. The van der Waals surface area contributed by atoms with Crippen LogP contribution >= 0.6 is 0 Å². The highest BCUT2D eigenvalue weighted by Crippen LogP contribution is 2.40. The summed E-state index contributed by atoms with van der Waals surface area (Å²) in [4.78, 5) is 4.47. The normalized spacial score (nSPS) is 11.4. The summed E-state index contributed by atoms with van der Waals surface area (Å²) in [6, 6.07) is 31.4. The molecule has 0 saturated heterocycles. The van der Waals surface area contributed by atoms with E-state index in [9.17, 15) is 0 Å². The molecule has 0 fully saturated rings. The molecule has 0 amide bonds. The lowest BCUT2D eigenvalue weighted by atomic mass is 9.77. The summed E-state index contributed by atoms with van der Waals surface area (Å²) < 4.78 is 2.01. The van der Waals surface area contributed by atoms with Crippen LogP contribution in [0, 0.1) is 6.92 Å². The lowest BCUT2D eigenvalue weighted by Crippen LogP contribution is -2.39. The van der Waals surface area contributed by atoms with Crippen LogP contribution in [-0.2, 0) is 12.0 Å². The first-order valence-electron chi connectivity index (χ1n) is 8.72. The van der Waals surface area contributed by atoms with Crippen molar-refractivity contribution in [3.63, 3.8) is 0 Å². The van der Waals surface area contributed by atoms with Crippen LogP contribution in [0.2, 0.25) is 0 Å². The Morgan fingerprint density at radius 3 is 1.50 bits per heavy atom. The van der Waals surface area contributed by atoms with Gasteiger partial charge in [-0.05, 0) is 23.6 Å². The van der Waals surface area contributed by atoms with Gasteiger partial charge in [-0.3, -0.25) is 0 Å². The Hall–Kier alpha value is -3.20. The van der Waals surface area contributed by atoms with Crippen molar-refractivity contribution in [3.8, 4) is 0 Å². The largest absolute Gasteiger partial charge is 0.231 e. The van der Waals surface area contributed by atoms with Gasteiger partial charge in [-0.15, -0.1) is 0 Å². The number of hydrogen-bond acceptors (Lipinski definition) is 2. The van der Waals surface area contributed by atoms with Crippen molar-refractivity contribution in [2.24, 2.45) is 0 Å². The van der Waals surface area contributed by atoms with E-state index in [4.69, 9.17) is 0 Å². The zero-order valence-corrected chi connectivity index (χ0v) is 14.5. The van der Waals surface area contributed by atoms with Gasteiger partial charge in [0.2, 0.25) is 0 Å². The van der Waals surface area contributed by atoms with Crippen molar-refractivity contribution >= 4 is 0 Å². The fourth-order valence-corrected chi connectivity index (χ4v) is 3.62. The second-order valence-electron chi connectivity index (χ2n) is 6.15. The van der Waals surface area contributed by atoms with Gasteiger partial charge in [-0.1, -0.05) is 91.0 Å². The second kappa shape index (κ2) is 6.96. The Morgan fingerprint density at radius 2 is 1.12 bits per heavy atom. The molecule has 3 aromatic carbocycles. The smallest absolute Gasteiger partial charge is 0.140 e. The van der Waals surface area contributed by atoms with Crippen LogP contribution in [0.1, 0.15) is 22.5 Å². The summed E-state index contributed by atoms with van der Waals surface area (Å²) in [5.74, 6) is 0.849. The third-order valence-corrected chi connectivity index (χ3v) is 4.73. The molecule has 4 aromatic rings. The molecule has 1 heterocycles. The lowest BCUT2D eigenvalue weighted by Gasteiger charge is -2.37. The van der Waals surface area contributed by atoms with Crippen LogP contribution in [0.25, 0.3) is 0 Å². The first-order valence-corrected chi connectivity index (χ1v) is 8.72. The fourth-order valence-electron chi connectivity index (χ4n) is 3.62. The van der Waals surface area contributed by atoms with Crippen molar-refractivity contribution in [2.75, 3.05) is 0 Å². The van der Waals surface area contributed by atoms with Crippen molar-refractivity contribution < 1.29 is 0 Å². The maximum absolute atomic E-state index is 4.65. The molecule has 4 rings (SSSR count). The summed E-state index contributed by atoms with van der Waals surface area (Å²) in [6.45, 7) is 4.06. The van der Waals surface area contributed by atoms with Crippen LogP contribution in [0.3, 0.4) is 0 Å². The molecule has 0 spiro atoms. The summed E-state index contributed by atoms with van der Waals surface area (Å²) in [7, 11) is 0. The Kier molecular flexibility index (Phi) is 4.36. The summed E-state index contributed by atoms with van der Waals surface area (Å²) in [5, 5.41) is 4.65. The average Bonchev–Trinajstić information content (AvgIpc) is 3.20. The van der Waals surface area contributed by atoms with E-state index in [-0.39, 0.29) is 0 Å². The highest BCUT2D eigenvalue weighted by atomic mass is 15.4. The van der Waals surface area contributed by atoms with Crippen molar-refractivity contribution in [1.29, 1.82) is 0 Å². The van der Waals surface area contributed by atoms with Crippen molar-refractivity contribution in [3.05, 3.63) is 127 Å². The summed E-state index contributed by atoms with van der Waals surface area (Å²) in [6.07, 6.45) is 2.18. The molecule has 0 aliphatic carbocycles. The average molecular weight is 338 g/mol. The SMILES string of the molecule is [CH2]Cc1ncnn1C(c1ccccc1)(c1ccccc1)c1ccccc1. The van der Waals surface area contributed by atoms with E-state index in [1.807, 2.05) is 22.9 Å². The van der Waals surface area contributed by atoms with Crippen molar-refractivity contribution in [1.82, 2.24) is 14.8 Å². The third-order valence-electron chi connectivity index (χ3n) is 4.73. The number of rotatable bonds is 5. The van der Waals surface area contributed by atoms with Crippen LogP contribution < -0.4 is 0 Å². The van der Waals surface area contributed by atoms with E-state index in [0.717, 1.165) is 22.5 Å². The quantitative estimate of drug-likeness (QED) is 0.502. The Balaban J connectivity index is 2.15. The van der Waals surface area contributed by atoms with Gasteiger partial charge >= 0.3 is 0 Å². The summed E-state index contributed by atoms with van der Waals surface area (Å²) in [5.41, 5.74) is 2.81. The number of benzene rings is 3. The van der Waals surface area contributed by atoms with Crippen molar-refractivity contribution in [2.45, 2.75) is 12.0 Å². The minimum atomic E-state index is -0.604. The van der Waals surface area contributed by atoms with Crippen LogP contribution in [0.5, 0.6) is 0 Å². The summed E-state index contributed by atoms with van der Waals surface area (Å²) >= 11 is 0. The van der Waals surface area contributed by atoms with Crippen LogP contribution in [0.15, 0.2) is 97.3 Å². The molecule has 0 saturated carbocycles. The lowest BCUT2D eigenvalue weighted by molar-refractivity contribution is 0.443. The Labute approximate surface area is 154 Å². The van der Waals surface area contributed by atoms with Gasteiger partial charge in [-0.25, -0.2) is 9.67 Å². The number of nitrogens with zero attached hydrogens (tertiary/aromatic N) is 3. The molecular formula is C23H20N3. The predicted molar refractivity (Wildman–Crippen MR) is 104 cm³/mol. The molecule has 0 atom stereocenters. The van der Waals surface area contributed by atoms with E-state index in [1.165, 1.54) is 0 Å². The minimum absolute atomic E-state index is 0.564. The zero-order chi connectivity index (χ0) is 17.8. The first-order chi connectivity index (χ1) is 12.9. The zero-order valence-electron chi connectivity index (χ0n) is 14.5. The predicted octanol–water partition coefficient (Wildman–Crippen LogP) is 4.49. The standard InChI is InChI=1S/C23H20N3/c1-2-22-24-18-25-26(22)23(19-12-6-3-7-13-19,20-14-8-4-9-15-20)21-16-10-5-11-17-21/h3-18H,1-2H2. The Morgan fingerprint density at radius 1 is 0.692 bits per heavy atom. The van der Waals surface area contributed by atoms with E-state index in [0.29, 0.717) is 6.42 Å². The second-order valence-corrected chi connectivity index (χ2v) is 6.15.